The van der Waals surface area contributed by atoms with Crippen molar-refractivity contribution in [3.05, 3.63) is 12.2 Å². The molecule has 0 aliphatic heterocycles. The first-order valence-electron chi connectivity index (χ1n) is 33.0. The lowest BCUT2D eigenvalue weighted by atomic mass is 10.0. The lowest BCUT2D eigenvalue weighted by Gasteiger charge is -2.30. The van der Waals surface area contributed by atoms with E-state index in [1.165, 1.54) is 250 Å². The Morgan fingerprint density at radius 2 is 0.760 bits per heavy atom. The van der Waals surface area contributed by atoms with Crippen LogP contribution in [-0.2, 0) is 27.9 Å². The molecule has 0 rings (SSSR count). The van der Waals surface area contributed by atoms with Crippen molar-refractivity contribution in [2.24, 2.45) is 0 Å². The minimum Gasteiger partial charge on any atom is -0.756 e. The van der Waals surface area contributed by atoms with Crippen molar-refractivity contribution >= 4 is 19.7 Å². The number of hydrogen-bond acceptors (Lipinski definition) is 7. The Kier molecular flexibility index (Phi) is 55.1. The molecule has 0 spiro atoms. The monoisotopic (exact) mass is 1080 g/mol. The van der Waals surface area contributed by atoms with E-state index < -0.39 is 20.0 Å². The number of carbonyl (C=O) groups excluding carboxylic acids is 2. The van der Waals surface area contributed by atoms with Crippen molar-refractivity contribution in [1.29, 1.82) is 0 Å². The number of unbranched alkanes of at least 4 members (excludes halogenated alkanes) is 45. The fraction of sp³-hybridized carbons (Fsp3) is 0.938. The third-order valence-electron chi connectivity index (χ3n) is 15.2. The van der Waals surface area contributed by atoms with E-state index in [2.05, 4.69) is 26.1 Å². The molecule has 0 saturated heterocycles. The van der Waals surface area contributed by atoms with E-state index in [9.17, 15) is 19.0 Å². The number of ether oxygens (including phenoxy) is 1. The molecule has 10 heteroatoms. The predicted molar refractivity (Wildman–Crippen MR) is 321 cm³/mol. The first-order chi connectivity index (χ1) is 36.4. The highest BCUT2D eigenvalue weighted by molar-refractivity contribution is 7.45. The molecule has 0 heterocycles. The average molecular weight is 1080 g/mol. The van der Waals surface area contributed by atoms with Gasteiger partial charge in [-0.15, -0.1) is 0 Å². The third kappa shape index (κ3) is 57.3. The molecule has 9 nitrogen and oxygen atoms in total. The Morgan fingerprint density at radius 1 is 0.453 bits per heavy atom. The second-order valence-electron chi connectivity index (χ2n) is 24.0. The van der Waals surface area contributed by atoms with Crippen molar-refractivity contribution in [3.63, 3.8) is 0 Å². The number of nitrogens with zero attached hydrogens (tertiary/aromatic N) is 1. The quantitative estimate of drug-likeness (QED) is 0.0212. The molecule has 0 aliphatic rings. The van der Waals surface area contributed by atoms with Crippen molar-refractivity contribution in [2.45, 2.75) is 354 Å². The summed E-state index contributed by atoms with van der Waals surface area (Å²) in [6.07, 6.45) is 64.8. The normalized spacial score (nSPS) is 13.6. The summed E-state index contributed by atoms with van der Waals surface area (Å²) < 4.78 is 30.3. The maximum atomic E-state index is 13.5. The number of likely N-dealkylation sites (N-methyl/N-ethyl adjacent to an activating group) is 1. The highest BCUT2D eigenvalue weighted by Gasteiger charge is 2.27. The Morgan fingerprint density at radius 3 is 1.09 bits per heavy atom. The lowest BCUT2D eigenvalue weighted by molar-refractivity contribution is -0.870. The third-order valence-corrected chi connectivity index (χ3v) is 16.2. The number of quaternary nitrogens is 1. The van der Waals surface area contributed by atoms with Crippen LogP contribution in [0.1, 0.15) is 342 Å². The van der Waals surface area contributed by atoms with Gasteiger partial charge in [0.15, 0.2) is 0 Å². The Labute approximate surface area is 467 Å². The second-order valence-corrected chi connectivity index (χ2v) is 25.4. The Hall–Kier alpha value is -1.25. The molecule has 0 fully saturated rings. The van der Waals surface area contributed by atoms with Gasteiger partial charge in [0.05, 0.1) is 33.8 Å². The zero-order chi connectivity index (χ0) is 55.0. The Bertz CT molecular complexity index is 1290. The topological polar surface area (TPSA) is 114 Å². The molecule has 0 radical (unpaired) electrons. The van der Waals surface area contributed by atoms with E-state index in [1.807, 2.05) is 33.3 Å². The van der Waals surface area contributed by atoms with Crippen LogP contribution in [0.4, 0.5) is 0 Å². The van der Waals surface area contributed by atoms with Crippen LogP contribution in [0.15, 0.2) is 12.2 Å². The fourth-order valence-corrected chi connectivity index (χ4v) is 10.8. The van der Waals surface area contributed by atoms with Crippen molar-refractivity contribution < 1.29 is 37.3 Å². The summed E-state index contributed by atoms with van der Waals surface area (Å²) in [6.45, 7) is 6.89. The van der Waals surface area contributed by atoms with Crippen LogP contribution in [0.5, 0.6) is 0 Å². The molecule has 0 aromatic carbocycles. The SMILES string of the molecule is CCCCCCCCCCCCC/C=C\C(OC(=O)CCCCCCCCCCCCCCCCCCCCCCCCCCC)C(COP(=O)([O-])OCC[N+](C)(C)C)NC(=O)CCCCCCCCCCCCC. The number of phosphoric acid groups is 1. The summed E-state index contributed by atoms with van der Waals surface area (Å²) in [4.78, 5) is 39.9. The van der Waals surface area contributed by atoms with Crippen molar-refractivity contribution in [3.8, 4) is 0 Å². The van der Waals surface area contributed by atoms with Gasteiger partial charge in [-0.3, -0.25) is 14.2 Å². The summed E-state index contributed by atoms with van der Waals surface area (Å²) in [5.74, 6) is -0.520. The number of hydrogen-bond donors (Lipinski definition) is 1. The van der Waals surface area contributed by atoms with Crippen LogP contribution in [0.25, 0.3) is 0 Å². The molecule has 3 unspecified atom stereocenters. The largest absolute Gasteiger partial charge is 0.756 e. The van der Waals surface area contributed by atoms with E-state index in [1.54, 1.807) is 0 Å². The zero-order valence-electron chi connectivity index (χ0n) is 51.0. The Balaban J connectivity index is 5.00. The first-order valence-corrected chi connectivity index (χ1v) is 34.5. The summed E-state index contributed by atoms with van der Waals surface area (Å²) in [6, 6.07) is -0.879. The van der Waals surface area contributed by atoms with E-state index in [4.69, 9.17) is 13.8 Å². The molecule has 0 aromatic heterocycles. The van der Waals surface area contributed by atoms with Crippen LogP contribution in [0.2, 0.25) is 0 Å². The van der Waals surface area contributed by atoms with Gasteiger partial charge in [0.2, 0.25) is 5.91 Å². The van der Waals surface area contributed by atoms with Gasteiger partial charge in [-0.05, 0) is 31.8 Å². The number of nitrogens with one attached hydrogen (secondary N) is 1. The smallest absolute Gasteiger partial charge is 0.306 e. The molecule has 0 saturated carbocycles. The summed E-state index contributed by atoms with van der Waals surface area (Å²) in [5, 5.41) is 3.03. The van der Waals surface area contributed by atoms with Crippen LogP contribution in [0.3, 0.4) is 0 Å². The van der Waals surface area contributed by atoms with E-state index in [0.717, 1.165) is 57.8 Å². The molecule has 0 aliphatic carbocycles. The highest BCUT2D eigenvalue weighted by Crippen LogP contribution is 2.38. The van der Waals surface area contributed by atoms with Crippen LogP contribution in [0, 0.1) is 0 Å². The van der Waals surface area contributed by atoms with E-state index in [-0.39, 0.29) is 31.5 Å². The second kappa shape index (κ2) is 56.0. The van der Waals surface area contributed by atoms with Gasteiger partial charge in [0.25, 0.3) is 7.82 Å². The minimum atomic E-state index is -4.69. The van der Waals surface area contributed by atoms with Gasteiger partial charge < -0.3 is 28.5 Å². The molecule has 0 aromatic rings. The highest BCUT2D eigenvalue weighted by atomic mass is 31.2. The number of rotatable bonds is 61. The molecule has 1 N–H and O–H groups in total. The molecular weight excluding hydrogens is 952 g/mol. The molecular formula is C65H129N2O7P. The van der Waals surface area contributed by atoms with Crippen molar-refractivity contribution in [2.75, 3.05) is 40.9 Å². The molecule has 446 valence electrons. The van der Waals surface area contributed by atoms with Gasteiger partial charge in [-0.1, -0.05) is 309 Å². The summed E-state index contributed by atoms with van der Waals surface area (Å²) in [5.41, 5.74) is 0. The van der Waals surface area contributed by atoms with Gasteiger partial charge >= 0.3 is 5.97 Å². The maximum absolute atomic E-state index is 13.5. The number of amides is 1. The molecule has 0 bridgehead atoms. The summed E-state index contributed by atoms with van der Waals surface area (Å²) in [7, 11) is 1.21. The van der Waals surface area contributed by atoms with Crippen LogP contribution >= 0.6 is 7.82 Å². The number of phosphoric ester groups is 1. The molecule has 1 amide bonds. The summed E-state index contributed by atoms with van der Waals surface area (Å²) >= 11 is 0. The van der Waals surface area contributed by atoms with Gasteiger partial charge in [-0.25, -0.2) is 0 Å². The van der Waals surface area contributed by atoms with E-state index >= 15 is 0 Å². The number of carbonyl (C=O) groups is 2. The van der Waals surface area contributed by atoms with Crippen LogP contribution in [-0.4, -0.2) is 69.4 Å². The fourth-order valence-electron chi connectivity index (χ4n) is 10.1. The van der Waals surface area contributed by atoms with Gasteiger partial charge in [0, 0.05) is 12.8 Å². The predicted octanol–water partition coefficient (Wildman–Crippen LogP) is 19.7. The number of esters is 1. The van der Waals surface area contributed by atoms with Crippen molar-refractivity contribution in [1.82, 2.24) is 5.32 Å². The average Bonchev–Trinajstić information content (AvgIpc) is 3.37. The molecule has 3 atom stereocenters. The van der Waals surface area contributed by atoms with Crippen LogP contribution < -0.4 is 10.2 Å². The number of allylic oxidation sites excluding steroid dienone is 1. The lowest BCUT2D eigenvalue weighted by Crippen LogP contribution is -2.47. The maximum Gasteiger partial charge on any atom is 0.306 e. The zero-order valence-corrected chi connectivity index (χ0v) is 51.9. The van der Waals surface area contributed by atoms with Gasteiger partial charge in [0.1, 0.15) is 19.3 Å². The molecule has 75 heavy (non-hydrogen) atoms. The standard InChI is InChI=1S/C65H129N2O7P/c1-7-10-13-16-19-22-25-27-28-29-30-31-32-33-34-35-36-37-38-40-43-46-49-52-55-58-65(69)74-63(56-53-50-47-44-42-39-26-23-20-17-14-11-8-2)62(61-73-75(70,71)72-60-59-67(4,5)6)66-64(68)57-54-51-48-45-41-24-21-18-15-12-9-3/h53,56,62-63H,7-52,54-55,57-61H2,1-6H3,(H-,66,68,70,71)/b56-53-. The van der Waals surface area contributed by atoms with E-state index in [0.29, 0.717) is 17.4 Å². The van der Waals surface area contributed by atoms with Gasteiger partial charge in [-0.2, -0.15) is 0 Å². The first kappa shape index (κ1) is 73.8. The minimum absolute atomic E-state index is 0.0168.